The van der Waals surface area contributed by atoms with E-state index in [2.05, 4.69) is 67.6 Å². The Morgan fingerprint density at radius 1 is 0.970 bits per heavy atom. The molecule has 0 aliphatic heterocycles. The van der Waals surface area contributed by atoms with Crippen LogP contribution in [-0.2, 0) is 17.0 Å². The summed E-state index contributed by atoms with van der Waals surface area (Å²) in [6, 6.07) is 17.4. The van der Waals surface area contributed by atoms with Crippen molar-refractivity contribution in [2.75, 3.05) is 26.1 Å². The SMILES string of the molecule is COc1ccc(-c2cnc(NC(C)(C)c3ccccc3)n2COCC[Si](C)(C)C)cc1OC. The van der Waals surface area contributed by atoms with Crippen LogP contribution in [0.1, 0.15) is 19.4 Å². The van der Waals surface area contributed by atoms with E-state index in [4.69, 9.17) is 19.2 Å². The Morgan fingerprint density at radius 2 is 1.67 bits per heavy atom. The number of methoxy groups -OCH3 is 2. The van der Waals surface area contributed by atoms with Gasteiger partial charge in [0.1, 0.15) is 6.73 Å². The molecule has 1 N–H and O–H groups in total. The lowest BCUT2D eigenvalue weighted by molar-refractivity contribution is 0.0893. The van der Waals surface area contributed by atoms with Crippen molar-refractivity contribution in [3.63, 3.8) is 0 Å². The van der Waals surface area contributed by atoms with Gasteiger partial charge in [0.05, 0.1) is 31.6 Å². The average molecular weight is 468 g/mol. The van der Waals surface area contributed by atoms with Crippen molar-refractivity contribution in [2.24, 2.45) is 0 Å². The van der Waals surface area contributed by atoms with E-state index in [1.54, 1.807) is 14.2 Å². The first kappa shape index (κ1) is 24.9. The summed E-state index contributed by atoms with van der Waals surface area (Å²) in [7, 11) is 2.12. The predicted octanol–water partition coefficient (Wildman–Crippen LogP) is 6.23. The monoisotopic (exact) mass is 467 g/mol. The van der Waals surface area contributed by atoms with E-state index in [1.165, 1.54) is 5.56 Å². The second-order valence-corrected chi connectivity index (χ2v) is 15.6. The Hall–Kier alpha value is -2.77. The third-order valence-corrected chi connectivity index (χ3v) is 7.38. The van der Waals surface area contributed by atoms with Gasteiger partial charge in [-0.15, -0.1) is 0 Å². The molecule has 0 saturated carbocycles. The average Bonchev–Trinajstić information content (AvgIpc) is 3.17. The van der Waals surface area contributed by atoms with Crippen molar-refractivity contribution in [1.82, 2.24) is 9.55 Å². The number of benzene rings is 2. The van der Waals surface area contributed by atoms with Crippen LogP contribution in [0.25, 0.3) is 11.3 Å². The molecule has 0 aliphatic rings. The van der Waals surface area contributed by atoms with Crippen molar-refractivity contribution in [3.05, 3.63) is 60.3 Å². The van der Waals surface area contributed by atoms with Crippen LogP contribution in [-0.4, -0.2) is 38.5 Å². The molecular weight excluding hydrogens is 430 g/mol. The number of hydrogen-bond donors (Lipinski definition) is 1. The fourth-order valence-corrected chi connectivity index (χ4v) is 4.33. The number of nitrogens with one attached hydrogen (secondary N) is 1. The second kappa shape index (κ2) is 10.4. The minimum atomic E-state index is -1.17. The molecule has 33 heavy (non-hydrogen) atoms. The lowest BCUT2D eigenvalue weighted by atomic mass is 9.95. The van der Waals surface area contributed by atoms with Gasteiger partial charge in [-0.05, 0) is 43.7 Å². The molecule has 0 atom stereocenters. The third kappa shape index (κ3) is 6.39. The fourth-order valence-electron chi connectivity index (χ4n) is 3.57. The highest BCUT2D eigenvalue weighted by Gasteiger charge is 2.24. The number of hydrogen-bond acceptors (Lipinski definition) is 5. The summed E-state index contributed by atoms with van der Waals surface area (Å²) in [5.74, 6) is 2.14. The fraction of sp³-hybridized carbons (Fsp3) is 0.423. The molecule has 3 rings (SSSR count). The molecular formula is C26H37N3O3Si. The van der Waals surface area contributed by atoms with Crippen LogP contribution >= 0.6 is 0 Å². The number of anilines is 1. The Labute approximate surface area is 198 Å². The van der Waals surface area contributed by atoms with E-state index in [0.29, 0.717) is 18.2 Å². The maximum absolute atomic E-state index is 6.14. The van der Waals surface area contributed by atoms with Crippen molar-refractivity contribution >= 4 is 14.0 Å². The zero-order chi connectivity index (χ0) is 24.1. The van der Waals surface area contributed by atoms with Crippen LogP contribution in [0.5, 0.6) is 11.5 Å². The van der Waals surface area contributed by atoms with E-state index in [0.717, 1.165) is 29.9 Å². The van der Waals surface area contributed by atoms with E-state index in [9.17, 15) is 0 Å². The van der Waals surface area contributed by atoms with Gasteiger partial charge in [-0.1, -0.05) is 50.0 Å². The van der Waals surface area contributed by atoms with Crippen molar-refractivity contribution in [2.45, 2.75) is 51.8 Å². The molecule has 0 amide bonds. The zero-order valence-electron chi connectivity index (χ0n) is 20.9. The van der Waals surface area contributed by atoms with Gasteiger partial charge in [0.25, 0.3) is 0 Å². The van der Waals surface area contributed by atoms with Crippen LogP contribution in [0.3, 0.4) is 0 Å². The first-order chi connectivity index (χ1) is 15.6. The molecule has 6 nitrogen and oxygen atoms in total. The minimum absolute atomic E-state index is 0.308. The summed E-state index contributed by atoms with van der Waals surface area (Å²) in [6.45, 7) is 12.5. The van der Waals surface area contributed by atoms with E-state index in [1.807, 2.05) is 30.5 Å². The Morgan fingerprint density at radius 3 is 2.30 bits per heavy atom. The Kier molecular flexibility index (Phi) is 7.87. The first-order valence-corrected chi connectivity index (χ1v) is 15.0. The molecule has 0 bridgehead atoms. The van der Waals surface area contributed by atoms with Gasteiger partial charge in [-0.2, -0.15) is 0 Å². The van der Waals surface area contributed by atoms with Crippen LogP contribution in [0.15, 0.2) is 54.7 Å². The first-order valence-electron chi connectivity index (χ1n) is 11.3. The van der Waals surface area contributed by atoms with Gasteiger partial charge in [0, 0.05) is 20.2 Å². The highest BCUT2D eigenvalue weighted by molar-refractivity contribution is 6.76. The molecule has 7 heteroatoms. The van der Waals surface area contributed by atoms with Gasteiger partial charge in [-0.25, -0.2) is 4.98 Å². The topological polar surface area (TPSA) is 57.5 Å². The highest BCUT2D eigenvalue weighted by atomic mass is 28.3. The number of nitrogens with zero attached hydrogens (tertiary/aromatic N) is 2. The normalized spacial score (nSPS) is 12.0. The highest BCUT2D eigenvalue weighted by Crippen LogP contribution is 2.34. The third-order valence-electron chi connectivity index (χ3n) is 5.67. The zero-order valence-corrected chi connectivity index (χ0v) is 21.9. The van der Waals surface area contributed by atoms with Crippen molar-refractivity contribution in [3.8, 4) is 22.8 Å². The van der Waals surface area contributed by atoms with Crippen LogP contribution in [0, 0.1) is 0 Å². The molecule has 0 saturated heterocycles. The van der Waals surface area contributed by atoms with Gasteiger partial charge >= 0.3 is 0 Å². The summed E-state index contributed by atoms with van der Waals surface area (Å²) in [4.78, 5) is 4.74. The summed E-state index contributed by atoms with van der Waals surface area (Å²) in [5, 5.41) is 3.63. The van der Waals surface area contributed by atoms with Gasteiger partial charge in [0.2, 0.25) is 5.95 Å². The van der Waals surface area contributed by atoms with Crippen LogP contribution < -0.4 is 14.8 Å². The summed E-state index contributed by atoms with van der Waals surface area (Å²) >= 11 is 0. The molecule has 1 heterocycles. The summed E-state index contributed by atoms with van der Waals surface area (Å²) < 4.78 is 19.2. The quantitative estimate of drug-likeness (QED) is 0.268. The summed E-state index contributed by atoms with van der Waals surface area (Å²) in [6.07, 6.45) is 1.88. The lowest BCUT2D eigenvalue weighted by Crippen LogP contribution is -2.30. The molecule has 0 spiro atoms. The van der Waals surface area contributed by atoms with Crippen molar-refractivity contribution in [1.29, 1.82) is 0 Å². The largest absolute Gasteiger partial charge is 0.493 e. The number of ether oxygens (including phenoxy) is 3. The van der Waals surface area contributed by atoms with Crippen molar-refractivity contribution < 1.29 is 14.2 Å². The van der Waals surface area contributed by atoms with E-state index in [-0.39, 0.29) is 5.54 Å². The van der Waals surface area contributed by atoms with Gasteiger partial charge in [0.15, 0.2) is 11.5 Å². The van der Waals surface area contributed by atoms with Gasteiger partial charge < -0.3 is 19.5 Å². The lowest BCUT2D eigenvalue weighted by Gasteiger charge is -2.28. The second-order valence-electron chi connectivity index (χ2n) is 9.93. The van der Waals surface area contributed by atoms with Crippen LogP contribution in [0.2, 0.25) is 25.7 Å². The molecule has 3 aromatic rings. The molecule has 0 aliphatic carbocycles. The smallest absolute Gasteiger partial charge is 0.205 e. The Balaban J connectivity index is 1.94. The van der Waals surface area contributed by atoms with E-state index < -0.39 is 8.07 Å². The standard InChI is InChI=1S/C26H37N3O3Si/c1-26(2,21-11-9-8-10-12-21)28-25-27-18-22(29(25)19-32-15-16-33(5,6)7)20-13-14-23(30-3)24(17-20)31-4/h8-14,17-18H,15-16,19H2,1-7H3,(H,27,28). The number of rotatable bonds is 11. The molecule has 0 radical (unpaired) electrons. The number of imidazole rings is 1. The maximum atomic E-state index is 6.14. The van der Waals surface area contributed by atoms with E-state index >= 15 is 0 Å². The Bertz CT molecular complexity index is 1040. The molecule has 178 valence electrons. The predicted molar refractivity (Wildman–Crippen MR) is 138 cm³/mol. The minimum Gasteiger partial charge on any atom is -0.493 e. The molecule has 2 aromatic carbocycles. The maximum Gasteiger partial charge on any atom is 0.205 e. The molecule has 0 fully saturated rings. The summed E-state index contributed by atoms with van der Waals surface area (Å²) in [5.41, 5.74) is 2.82. The van der Waals surface area contributed by atoms with Gasteiger partial charge in [-0.3, -0.25) is 4.57 Å². The molecule has 0 unspecified atom stereocenters. The molecule has 1 aromatic heterocycles. The number of aromatic nitrogens is 2. The van der Waals surface area contributed by atoms with Crippen LogP contribution in [0.4, 0.5) is 5.95 Å².